The van der Waals surface area contributed by atoms with Gasteiger partial charge >= 0.3 is 0 Å². The SMILES string of the molecule is CC1=C(C(=O)NCc2cn(-c3ccc(C)cc3)nn2)C(c2ccc(Cl)cc2)C2=C(CC(C)(C)CC2=O)N1. The Hall–Kier alpha value is -3.71. The minimum Gasteiger partial charge on any atom is -0.362 e. The summed E-state index contributed by atoms with van der Waals surface area (Å²) in [6.07, 6.45) is 2.98. The first-order chi connectivity index (χ1) is 17.6. The lowest BCUT2D eigenvalue weighted by Crippen LogP contribution is -2.40. The third kappa shape index (κ3) is 5.09. The molecule has 0 fully saturated rings. The topological polar surface area (TPSA) is 88.9 Å². The second-order valence-corrected chi connectivity index (χ2v) is 11.1. The van der Waals surface area contributed by atoms with Crippen LogP contribution in [0, 0.1) is 12.3 Å². The molecule has 1 amide bonds. The van der Waals surface area contributed by atoms with Crippen LogP contribution in [0.2, 0.25) is 5.02 Å². The molecular weight excluding hydrogens is 486 g/mol. The fourth-order valence-electron chi connectivity index (χ4n) is 5.19. The summed E-state index contributed by atoms with van der Waals surface area (Å²) in [4.78, 5) is 27.0. The highest BCUT2D eigenvalue weighted by atomic mass is 35.5. The van der Waals surface area contributed by atoms with Gasteiger partial charge in [0, 0.05) is 39.9 Å². The number of hydrogen-bond acceptors (Lipinski definition) is 5. The zero-order valence-electron chi connectivity index (χ0n) is 21.4. The molecule has 2 aliphatic rings. The molecular formula is C29H30ClN5O2. The van der Waals surface area contributed by atoms with E-state index in [0.29, 0.717) is 28.3 Å². The number of aromatic nitrogens is 3. The molecule has 37 heavy (non-hydrogen) atoms. The van der Waals surface area contributed by atoms with E-state index in [9.17, 15) is 9.59 Å². The average molecular weight is 516 g/mol. The number of aryl methyl sites for hydroxylation is 1. The van der Waals surface area contributed by atoms with E-state index in [1.807, 2.05) is 50.2 Å². The van der Waals surface area contributed by atoms with Crippen molar-refractivity contribution in [2.45, 2.75) is 53.0 Å². The fourth-order valence-corrected chi connectivity index (χ4v) is 5.32. The molecule has 2 N–H and O–H groups in total. The summed E-state index contributed by atoms with van der Waals surface area (Å²) < 4.78 is 1.68. The minimum atomic E-state index is -0.472. The predicted molar refractivity (Wildman–Crippen MR) is 143 cm³/mol. The molecule has 1 aliphatic carbocycles. The molecule has 190 valence electrons. The van der Waals surface area contributed by atoms with Crippen molar-refractivity contribution in [3.05, 3.63) is 99.1 Å². The first-order valence-corrected chi connectivity index (χ1v) is 12.7. The molecule has 0 saturated heterocycles. The van der Waals surface area contributed by atoms with Gasteiger partial charge in [-0.15, -0.1) is 5.10 Å². The van der Waals surface area contributed by atoms with Crippen molar-refractivity contribution in [2.24, 2.45) is 5.41 Å². The number of dihydropyridines is 1. The van der Waals surface area contributed by atoms with Crippen LogP contribution in [0.15, 0.2) is 77.3 Å². The molecule has 0 spiro atoms. The van der Waals surface area contributed by atoms with E-state index >= 15 is 0 Å². The Kier molecular flexibility index (Phi) is 6.50. The van der Waals surface area contributed by atoms with E-state index in [1.165, 1.54) is 0 Å². The van der Waals surface area contributed by atoms with Crippen LogP contribution in [0.3, 0.4) is 0 Å². The highest BCUT2D eigenvalue weighted by Crippen LogP contribution is 2.46. The van der Waals surface area contributed by atoms with Crippen LogP contribution in [-0.2, 0) is 16.1 Å². The van der Waals surface area contributed by atoms with E-state index in [4.69, 9.17) is 11.6 Å². The normalized spacial score (nSPS) is 18.9. The van der Waals surface area contributed by atoms with E-state index < -0.39 is 5.92 Å². The molecule has 0 radical (unpaired) electrons. The summed E-state index contributed by atoms with van der Waals surface area (Å²) in [6.45, 7) is 8.32. The average Bonchev–Trinajstić information content (AvgIpc) is 3.31. The summed E-state index contributed by atoms with van der Waals surface area (Å²) in [5.74, 6) is -0.656. The number of carbonyl (C=O) groups is 2. The van der Waals surface area contributed by atoms with Gasteiger partial charge in [0.2, 0.25) is 5.91 Å². The number of benzene rings is 2. The summed E-state index contributed by atoms with van der Waals surface area (Å²) >= 11 is 6.16. The smallest absolute Gasteiger partial charge is 0.250 e. The lowest BCUT2D eigenvalue weighted by Gasteiger charge is -2.39. The molecule has 1 atom stereocenters. The first kappa shape index (κ1) is 25.0. The molecule has 2 heterocycles. The van der Waals surface area contributed by atoms with Crippen LogP contribution < -0.4 is 10.6 Å². The minimum absolute atomic E-state index is 0.0672. The lowest BCUT2D eigenvalue weighted by molar-refractivity contribution is -0.118. The number of amides is 1. The summed E-state index contributed by atoms with van der Waals surface area (Å²) in [5.41, 5.74) is 6.25. The van der Waals surface area contributed by atoms with Gasteiger partial charge in [0.05, 0.1) is 18.4 Å². The van der Waals surface area contributed by atoms with Crippen molar-refractivity contribution < 1.29 is 9.59 Å². The number of nitrogens with one attached hydrogen (secondary N) is 2. The zero-order valence-corrected chi connectivity index (χ0v) is 22.2. The van der Waals surface area contributed by atoms with E-state index in [1.54, 1.807) is 23.0 Å². The Bertz CT molecular complexity index is 1430. The fraction of sp³-hybridized carbons (Fsp3) is 0.310. The highest BCUT2D eigenvalue weighted by molar-refractivity contribution is 6.30. The summed E-state index contributed by atoms with van der Waals surface area (Å²) in [6, 6.07) is 15.3. The van der Waals surface area contributed by atoms with E-state index in [0.717, 1.165) is 34.6 Å². The van der Waals surface area contributed by atoms with Gasteiger partial charge in [-0.25, -0.2) is 4.68 Å². The van der Waals surface area contributed by atoms with Crippen LogP contribution in [0.4, 0.5) is 0 Å². The van der Waals surface area contributed by atoms with E-state index in [2.05, 4.69) is 34.8 Å². The van der Waals surface area contributed by atoms with Crippen LogP contribution in [0.1, 0.15) is 56.4 Å². The molecule has 3 aromatic rings. The number of rotatable bonds is 5. The zero-order chi connectivity index (χ0) is 26.3. The van der Waals surface area contributed by atoms with Crippen LogP contribution in [0.25, 0.3) is 5.69 Å². The number of hydrogen-bond donors (Lipinski definition) is 2. The van der Waals surface area contributed by atoms with Gasteiger partial charge in [-0.1, -0.05) is 60.5 Å². The van der Waals surface area contributed by atoms with Gasteiger partial charge in [0.1, 0.15) is 5.69 Å². The Morgan fingerprint density at radius 3 is 2.51 bits per heavy atom. The molecule has 1 aliphatic heterocycles. The van der Waals surface area contributed by atoms with Crippen LogP contribution in [0.5, 0.6) is 0 Å². The Morgan fingerprint density at radius 1 is 1.11 bits per heavy atom. The second-order valence-electron chi connectivity index (χ2n) is 10.7. The Balaban J connectivity index is 1.42. The number of halogens is 1. The lowest BCUT2D eigenvalue weighted by atomic mass is 9.68. The van der Waals surface area contributed by atoms with Crippen molar-refractivity contribution in [1.82, 2.24) is 25.6 Å². The van der Waals surface area contributed by atoms with Crippen molar-refractivity contribution in [1.29, 1.82) is 0 Å². The molecule has 2 aromatic carbocycles. The number of allylic oxidation sites excluding steroid dienone is 3. The summed E-state index contributed by atoms with van der Waals surface area (Å²) in [7, 11) is 0. The maximum Gasteiger partial charge on any atom is 0.250 e. The monoisotopic (exact) mass is 515 g/mol. The van der Waals surface area contributed by atoms with Crippen LogP contribution in [-0.4, -0.2) is 26.7 Å². The standard InChI is InChI=1S/C29H30ClN5O2/c1-17-5-11-22(12-6-17)35-16-21(33-34-35)15-31-28(37)25-18(2)32-23-13-29(3,4)14-24(36)27(23)26(25)19-7-9-20(30)10-8-19/h5-12,16,26,32H,13-15H2,1-4H3,(H,31,37). The number of carbonyl (C=O) groups excluding carboxylic acids is 2. The molecule has 0 bridgehead atoms. The number of Topliss-reactive ketones (excluding diaryl/α,β-unsaturated/α-hetero) is 1. The largest absolute Gasteiger partial charge is 0.362 e. The van der Waals surface area contributed by atoms with Gasteiger partial charge in [0.15, 0.2) is 5.78 Å². The predicted octanol–water partition coefficient (Wildman–Crippen LogP) is 5.15. The maximum atomic E-state index is 13.6. The molecule has 1 aromatic heterocycles. The molecule has 8 heteroatoms. The van der Waals surface area contributed by atoms with Gasteiger partial charge in [-0.2, -0.15) is 0 Å². The summed E-state index contributed by atoms with van der Waals surface area (Å²) in [5, 5.41) is 15.4. The van der Waals surface area contributed by atoms with Crippen molar-refractivity contribution in [3.8, 4) is 5.69 Å². The quantitative estimate of drug-likeness (QED) is 0.490. The number of ketones is 1. The molecule has 1 unspecified atom stereocenters. The number of nitrogens with zero attached hydrogens (tertiary/aromatic N) is 3. The molecule has 0 saturated carbocycles. The van der Waals surface area contributed by atoms with Gasteiger partial charge < -0.3 is 10.6 Å². The second kappa shape index (κ2) is 9.63. The molecule has 7 nitrogen and oxygen atoms in total. The first-order valence-electron chi connectivity index (χ1n) is 12.4. The third-order valence-electron chi connectivity index (χ3n) is 6.96. The highest BCUT2D eigenvalue weighted by Gasteiger charge is 2.42. The van der Waals surface area contributed by atoms with Gasteiger partial charge in [0.25, 0.3) is 0 Å². The van der Waals surface area contributed by atoms with Crippen molar-refractivity contribution in [3.63, 3.8) is 0 Å². The van der Waals surface area contributed by atoms with Crippen LogP contribution >= 0.6 is 11.6 Å². The third-order valence-corrected chi connectivity index (χ3v) is 7.21. The van der Waals surface area contributed by atoms with E-state index in [-0.39, 0.29) is 23.7 Å². The van der Waals surface area contributed by atoms with Crippen molar-refractivity contribution >= 4 is 23.3 Å². The Labute approximate surface area is 221 Å². The maximum absolute atomic E-state index is 13.6. The van der Waals surface area contributed by atoms with Crippen molar-refractivity contribution in [2.75, 3.05) is 0 Å². The van der Waals surface area contributed by atoms with Gasteiger partial charge in [-0.3, -0.25) is 9.59 Å². The molecule has 5 rings (SSSR count). The van der Waals surface area contributed by atoms with Gasteiger partial charge in [-0.05, 0) is 55.5 Å². The Morgan fingerprint density at radius 2 is 1.81 bits per heavy atom.